The lowest BCUT2D eigenvalue weighted by atomic mass is 9.94. The largest absolute Gasteiger partial charge is 0.573 e. The Balaban J connectivity index is 0.000000184. The normalized spacial score (nSPS) is 21.4. The lowest BCUT2D eigenvalue weighted by molar-refractivity contribution is -0.275. The first-order chi connectivity index (χ1) is 35.5. The second-order valence-electron chi connectivity index (χ2n) is 17.5. The van der Waals surface area contributed by atoms with Gasteiger partial charge < -0.3 is 49.2 Å². The molecule has 1 amide bonds. The third-order valence-electron chi connectivity index (χ3n) is 12.6. The van der Waals surface area contributed by atoms with Crippen LogP contribution >= 0.6 is 0 Å². The van der Waals surface area contributed by atoms with Crippen molar-refractivity contribution in [1.29, 1.82) is 0 Å². The van der Waals surface area contributed by atoms with Gasteiger partial charge in [-0.1, -0.05) is 48.5 Å². The number of carbonyl (C=O) groups excluding carboxylic acids is 1. The SMILES string of the molecule is CC(=O)N1CC(N2c3ccccc3Oc3ccccc32)[C@@H](O)[C@H](NS(=O)(=O)c2ccc(OC(F)(F)F)cc2)C1.O=S(=O)(N[C@@H]1CNCC(N2c3ccccc3Oc3ccccc32)[C@H]1O)c1ccc(OC(F)(F)F)cc1. The number of ether oxygens (including phenoxy) is 4. The number of alkyl halides is 6. The van der Waals surface area contributed by atoms with Crippen molar-refractivity contribution in [2.45, 2.75) is 65.8 Å². The summed E-state index contributed by atoms with van der Waals surface area (Å²) in [6.45, 7) is 1.85. The number of para-hydroxylation sites is 8. The first kappa shape index (κ1) is 52.7. The molecule has 4 heterocycles. The Kier molecular flexibility index (Phi) is 14.7. The number of aliphatic hydroxyl groups is 2. The Morgan fingerprint density at radius 3 is 1.29 bits per heavy atom. The van der Waals surface area contributed by atoms with Crippen LogP contribution < -0.4 is 43.5 Å². The Morgan fingerprint density at radius 2 is 0.907 bits per heavy atom. The second kappa shape index (κ2) is 20.9. The molecule has 2 unspecified atom stereocenters. The molecule has 0 radical (unpaired) electrons. The van der Waals surface area contributed by atoms with E-state index in [1.165, 1.54) is 11.8 Å². The van der Waals surface area contributed by atoms with E-state index in [0.717, 1.165) is 59.9 Å². The van der Waals surface area contributed by atoms with E-state index >= 15 is 0 Å². The van der Waals surface area contributed by atoms with Gasteiger partial charge in [0.1, 0.15) is 11.5 Å². The molecule has 6 aromatic rings. The topological polar surface area (TPSA) is 209 Å². The zero-order chi connectivity index (χ0) is 53.5. The Morgan fingerprint density at radius 1 is 0.547 bits per heavy atom. The predicted molar refractivity (Wildman–Crippen MR) is 259 cm³/mol. The molecule has 0 saturated carbocycles. The van der Waals surface area contributed by atoms with Gasteiger partial charge in [-0.05, 0) is 97.1 Å². The minimum atomic E-state index is -4.92. The molecule has 17 nitrogen and oxygen atoms in total. The number of aliphatic hydroxyl groups excluding tert-OH is 2. The number of halogens is 6. The zero-order valence-electron chi connectivity index (χ0n) is 39.1. The third-order valence-corrected chi connectivity index (χ3v) is 15.6. The van der Waals surface area contributed by atoms with Crippen molar-refractivity contribution in [1.82, 2.24) is 19.7 Å². The van der Waals surface area contributed by atoms with Crippen LogP contribution in [0.25, 0.3) is 0 Å². The molecule has 6 aromatic carbocycles. The van der Waals surface area contributed by atoms with E-state index in [2.05, 4.69) is 24.2 Å². The van der Waals surface area contributed by atoms with Gasteiger partial charge >= 0.3 is 12.7 Å². The van der Waals surface area contributed by atoms with Gasteiger partial charge in [0, 0.05) is 33.1 Å². The number of nitrogens with one attached hydrogen (secondary N) is 3. The maximum Gasteiger partial charge on any atom is 0.573 e. The first-order valence-corrected chi connectivity index (χ1v) is 25.9. The highest BCUT2D eigenvalue weighted by Crippen LogP contribution is 2.50. The second-order valence-corrected chi connectivity index (χ2v) is 20.9. The van der Waals surface area contributed by atoms with Crippen molar-refractivity contribution in [3.63, 3.8) is 0 Å². The van der Waals surface area contributed by atoms with Crippen molar-refractivity contribution in [2.24, 2.45) is 0 Å². The van der Waals surface area contributed by atoms with Crippen LogP contribution in [0, 0.1) is 0 Å². The number of benzene rings is 6. The molecule has 75 heavy (non-hydrogen) atoms. The summed E-state index contributed by atoms with van der Waals surface area (Å²) in [4.78, 5) is 17.1. The molecule has 2 saturated heterocycles. The number of amides is 1. The number of piperidine rings is 2. The van der Waals surface area contributed by atoms with Crippen LogP contribution in [0.5, 0.6) is 34.5 Å². The molecule has 0 aromatic heterocycles. The number of likely N-dealkylation sites (tertiary alicyclic amines) is 1. The van der Waals surface area contributed by atoms with E-state index in [1.807, 2.05) is 58.3 Å². The molecule has 25 heteroatoms. The lowest BCUT2D eigenvalue weighted by Gasteiger charge is -2.47. The fourth-order valence-corrected chi connectivity index (χ4v) is 11.7. The molecular formula is C50H46F6N6O11S2. The maximum absolute atomic E-state index is 13.2. The van der Waals surface area contributed by atoms with Gasteiger partial charge in [-0.25, -0.2) is 26.3 Å². The van der Waals surface area contributed by atoms with Gasteiger partial charge in [0.05, 0.1) is 68.9 Å². The number of fused-ring (bicyclic) bond motifs is 4. The van der Waals surface area contributed by atoms with Crippen LogP contribution in [-0.4, -0.2) is 113 Å². The highest BCUT2D eigenvalue weighted by Gasteiger charge is 2.45. The van der Waals surface area contributed by atoms with Crippen molar-refractivity contribution in [3.05, 3.63) is 146 Å². The number of nitrogens with zero attached hydrogens (tertiary/aromatic N) is 3. The standard InChI is InChI=1S/C26H24F3N3O6S.C24H22F3N3O5S/c1-16(33)31-14-19(30-39(35,36)18-12-10-17(11-13-18)38-26(27,28)29)25(34)22(15-31)32-20-6-2-4-8-23(20)37-24-9-5-3-7-21(24)32;25-24(26,27)35-15-9-11-16(12-10-15)36(32,33)29-17-13-28-14-20(23(17)31)30-18-5-1-3-7-21(18)34-22-8-4-2-6-19(22)30/h2-13,19,22,25,30,34H,14-15H2,1H3;1-12,17,20,23,28-29,31H,13-14H2/t19-,22?,25+;17-,20?,23+/m11/s1. The highest BCUT2D eigenvalue weighted by atomic mass is 32.2. The van der Waals surface area contributed by atoms with E-state index in [9.17, 15) is 58.2 Å². The predicted octanol–water partition coefficient (Wildman–Crippen LogP) is 7.28. The first-order valence-electron chi connectivity index (χ1n) is 22.9. The number of hydrogen-bond acceptors (Lipinski definition) is 14. The Labute approximate surface area is 425 Å². The fraction of sp³-hybridized carbons (Fsp3) is 0.260. The average molecular weight is 1090 g/mol. The summed E-state index contributed by atoms with van der Waals surface area (Å²) in [5.41, 5.74) is 2.72. The smallest absolute Gasteiger partial charge is 0.453 e. The fourth-order valence-electron chi connectivity index (χ4n) is 9.23. The Hall–Kier alpha value is -7.13. The summed E-state index contributed by atoms with van der Waals surface area (Å²) >= 11 is 0. The summed E-state index contributed by atoms with van der Waals surface area (Å²) < 4.78 is 151. The van der Waals surface area contributed by atoms with Gasteiger partial charge in [0.25, 0.3) is 0 Å². The molecule has 0 bridgehead atoms. The molecule has 396 valence electrons. The molecule has 0 spiro atoms. The van der Waals surface area contributed by atoms with Crippen LogP contribution in [-0.2, 0) is 24.8 Å². The lowest BCUT2D eigenvalue weighted by Crippen LogP contribution is -2.65. The highest BCUT2D eigenvalue weighted by molar-refractivity contribution is 7.89. The summed E-state index contributed by atoms with van der Waals surface area (Å²) in [6, 6.07) is 33.2. The van der Waals surface area contributed by atoms with Crippen LogP contribution in [0.15, 0.2) is 155 Å². The van der Waals surface area contributed by atoms with Crippen LogP contribution in [0.4, 0.5) is 49.1 Å². The zero-order valence-corrected chi connectivity index (χ0v) is 40.8. The molecule has 4 aliphatic rings. The van der Waals surface area contributed by atoms with Gasteiger partial charge in [0.15, 0.2) is 23.0 Å². The van der Waals surface area contributed by atoms with Crippen molar-refractivity contribution in [3.8, 4) is 34.5 Å². The van der Waals surface area contributed by atoms with Crippen molar-refractivity contribution in [2.75, 3.05) is 36.0 Å². The van der Waals surface area contributed by atoms with E-state index in [0.29, 0.717) is 40.9 Å². The van der Waals surface area contributed by atoms with E-state index in [1.54, 1.807) is 48.5 Å². The molecule has 10 rings (SSSR count). The van der Waals surface area contributed by atoms with Gasteiger partial charge in [-0.2, -0.15) is 0 Å². The molecular weight excluding hydrogens is 1040 g/mol. The average Bonchev–Trinajstić information content (AvgIpc) is 3.36. The quantitative estimate of drug-likeness (QED) is 0.0856. The minimum absolute atomic E-state index is 0.0981. The van der Waals surface area contributed by atoms with E-state index in [4.69, 9.17) is 9.47 Å². The van der Waals surface area contributed by atoms with Crippen molar-refractivity contribution < 1.29 is 77.1 Å². The summed E-state index contributed by atoms with van der Waals surface area (Å²) in [6.07, 6.45) is -12.2. The number of carbonyl (C=O) groups is 1. The maximum atomic E-state index is 13.2. The Bertz CT molecular complexity index is 3180. The van der Waals surface area contributed by atoms with Crippen molar-refractivity contribution >= 4 is 48.7 Å². The van der Waals surface area contributed by atoms with Crippen LogP contribution in [0.1, 0.15) is 6.92 Å². The number of hydrogen-bond donors (Lipinski definition) is 5. The molecule has 0 aliphatic carbocycles. The summed E-state index contributed by atoms with van der Waals surface area (Å²) in [5.74, 6) is 0.833. The van der Waals surface area contributed by atoms with Gasteiger partial charge in [-0.15, -0.1) is 26.3 Å². The molecule has 2 fully saturated rings. The third kappa shape index (κ3) is 11.7. The monoisotopic (exact) mass is 1080 g/mol. The molecule has 6 atom stereocenters. The number of sulfonamides is 2. The van der Waals surface area contributed by atoms with Crippen LogP contribution in [0.3, 0.4) is 0 Å². The molecule has 5 N–H and O–H groups in total. The van der Waals surface area contributed by atoms with Gasteiger partial charge in [-0.3, -0.25) is 4.79 Å². The minimum Gasteiger partial charge on any atom is -0.453 e. The van der Waals surface area contributed by atoms with E-state index in [-0.39, 0.29) is 35.3 Å². The number of rotatable bonds is 10. The summed E-state index contributed by atoms with van der Waals surface area (Å²) in [7, 11) is -8.46. The summed E-state index contributed by atoms with van der Waals surface area (Å²) in [5, 5.41) is 26.0. The molecule has 4 aliphatic heterocycles. The number of anilines is 4. The van der Waals surface area contributed by atoms with E-state index < -0.39 is 80.6 Å². The van der Waals surface area contributed by atoms with Crippen LogP contribution in [0.2, 0.25) is 0 Å². The van der Waals surface area contributed by atoms with Gasteiger partial charge in [0.2, 0.25) is 26.0 Å².